The van der Waals surface area contributed by atoms with Crippen LogP contribution >= 0.6 is 0 Å². The molecule has 0 aliphatic carbocycles. The molecule has 0 amide bonds. The molecule has 0 saturated heterocycles. The Labute approximate surface area is 74.6 Å². The van der Waals surface area contributed by atoms with Gasteiger partial charge in [0, 0.05) is 6.20 Å². The van der Waals surface area contributed by atoms with E-state index in [9.17, 15) is 0 Å². The van der Waals surface area contributed by atoms with E-state index in [0.29, 0.717) is 12.5 Å². The minimum atomic E-state index is 0.527. The summed E-state index contributed by atoms with van der Waals surface area (Å²) < 4.78 is 5.43. The van der Waals surface area contributed by atoms with Gasteiger partial charge < -0.3 is 9.72 Å². The molecule has 64 valence electrons. The van der Waals surface area contributed by atoms with Gasteiger partial charge in [-0.2, -0.15) is 0 Å². The molecule has 0 bridgehead atoms. The molecular weight excluding hydrogens is 166 g/mol. The predicted molar refractivity (Wildman–Crippen MR) is 46.2 cm³/mol. The molecule has 13 heavy (non-hydrogen) atoms. The Morgan fingerprint density at radius 1 is 1.38 bits per heavy atom. The first-order chi connectivity index (χ1) is 6.45. The lowest BCUT2D eigenvalue weighted by atomic mass is 10.1. The highest BCUT2D eigenvalue weighted by Gasteiger charge is 2.19. The topological polar surface area (TPSA) is 50.8 Å². The van der Waals surface area contributed by atoms with Gasteiger partial charge in [0.05, 0.1) is 17.6 Å². The molecule has 1 N–H and O–H groups in total. The summed E-state index contributed by atoms with van der Waals surface area (Å²) in [6.07, 6.45) is 3.40. The number of nitrogens with zero attached hydrogens (tertiary/aromatic N) is 2. The largest absolute Gasteiger partial charge is 0.471 e. The predicted octanol–water partition coefficient (Wildman–Crippen LogP) is 1.36. The lowest BCUT2D eigenvalue weighted by Crippen LogP contribution is -2.06. The van der Waals surface area contributed by atoms with Crippen LogP contribution in [0.2, 0.25) is 0 Å². The number of fused-ring (bicyclic) bond motifs is 3. The minimum Gasteiger partial charge on any atom is -0.471 e. The van der Waals surface area contributed by atoms with E-state index in [0.717, 1.165) is 17.0 Å². The molecule has 0 spiro atoms. The van der Waals surface area contributed by atoms with Gasteiger partial charge in [0.2, 0.25) is 5.88 Å². The van der Waals surface area contributed by atoms with Crippen LogP contribution in [0, 0.1) is 0 Å². The molecule has 4 nitrogen and oxygen atoms in total. The number of imidazole rings is 1. The molecule has 0 atom stereocenters. The molecule has 4 heteroatoms. The maximum Gasteiger partial charge on any atom is 0.223 e. The summed E-state index contributed by atoms with van der Waals surface area (Å²) in [5.74, 6) is 0.669. The van der Waals surface area contributed by atoms with Gasteiger partial charge in [-0.1, -0.05) is 0 Å². The second-order valence-electron chi connectivity index (χ2n) is 2.87. The van der Waals surface area contributed by atoms with Gasteiger partial charge in [-0.15, -0.1) is 0 Å². The smallest absolute Gasteiger partial charge is 0.223 e. The van der Waals surface area contributed by atoms with Gasteiger partial charge >= 0.3 is 0 Å². The van der Waals surface area contributed by atoms with E-state index in [-0.39, 0.29) is 0 Å². The molecule has 1 aliphatic heterocycles. The number of H-pyrrole nitrogens is 1. The maximum absolute atomic E-state index is 5.43. The number of hydrogen-bond acceptors (Lipinski definition) is 3. The van der Waals surface area contributed by atoms with E-state index in [1.165, 1.54) is 0 Å². The first-order valence-electron chi connectivity index (χ1n) is 4.05. The summed E-state index contributed by atoms with van der Waals surface area (Å²) in [5.41, 5.74) is 2.93. The van der Waals surface area contributed by atoms with E-state index in [1.54, 1.807) is 12.5 Å². The lowest BCUT2D eigenvalue weighted by Gasteiger charge is -2.14. The third-order valence-electron chi connectivity index (χ3n) is 2.10. The van der Waals surface area contributed by atoms with Crippen LogP contribution in [0.15, 0.2) is 24.7 Å². The first-order valence-corrected chi connectivity index (χ1v) is 4.05. The quantitative estimate of drug-likeness (QED) is 0.654. The van der Waals surface area contributed by atoms with Crippen molar-refractivity contribution in [1.29, 1.82) is 0 Å². The molecule has 0 aromatic carbocycles. The monoisotopic (exact) mass is 173 g/mol. The van der Waals surface area contributed by atoms with E-state index < -0.39 is 0 Å². The van der Waals surface area contributed by atoms with Crippen molar-refractivity contribution in [2.24, 2.45) is 0 Å². The molecule has 0 fully saturated rings. The van der Waals surface area contributed by atoms with Crippen molar-refractivity contribution < 1.29 is 4.74 Å². The average molecular weight is 173 g/mol. The van der Waals surface area contributed by atoms with Gasteiger partial charge in [-0.3, -0.25) is 0 Å². The Balaban J connectivity index is 2.30. The van der Waals surface area contributed by atoms with E-state index >= 15 is 0 Å². The maximum atomic E-state index is 5.43. The standard InChI is InChI=1S/C9H7N3O/c1-2-6-8-7(11-5-12-8)4-13-9(6)10-3-1/h1-3,5H,4H2,(H,11,12). The summed E-state index contributed by atoms with van der Waals surface area (Å²) in [5, 5.41) is 0. The second-order valence-corrected chi connectivity index (χ2v) is 2.87. The van der Waals surface area contributed by atoms with Crippen LogP contribution in [-0.4, -0.2) is 15.0 Å². The van der Waals surface area contributed by atoms with Crippen molar-refractivity contribution in [3.8, 4) is 17.1 Å². The third kappa shape index (κ3) is 0.853. The molecule has 0 unspecified atom stereocenters. The molecule has 0 radical (unpaired) electrons. The normalized spacial score (nSPS) is 12.9. The zero-order valence-corrected chi connectivity index (χ0v) is 6.82. The highest BCUT2D eigenvalue weighted by molar-refractivity contribution is 5.68. The molecule has 1 aliphatic rings. The van der Waals surface area contributed by atoms with E-state index in [1.807, 2.05) is 12.1 Å². The highest BCUT2D eigenvalue weighted by atomic mass is 16.5. The number of aromatic amines is 1. The van der Waals surface area contributed by atoms with Crippen molar-refractivity contribution in [1.82, 2.24) is 15.0 Å². The van der Waals surface area contributed by atoms with Gasteiger partial charge in [0.25, 0.3) is 0 Å². The van der Waals surface area contributed by atoms with Crippen molar-refractivity contribution in [3.63, 3.8) is 0 Å². The van der Waals surface area contributed by atoms with Crippen LogP contribution in [0.5, 0.6) is 5.88 Å². The number of pyridine rings is 1. The van der Waals surface area contributed by atoms with Crippen molar-refractivity contribution in [3.05, 3.63) is 30.4 Å². The van der Waals surface area contributed by atoms with Crippen LogP contribution < -0.4 is 4.74 Å². The van der Waals surface area contributed by atoms with Crippen LogP contribution in [0.25, 0.3) is 11.3 Å². The Hall–Kier alpha value is -1.84. The number of rotatable bonds is 0. The highest BCUT2D eigenvalue weighted by Crippen LogP contribution is 2.32. The van der Waals surface area contributed by atoms with Gasteiger partial charge in [0.1, 0.15) is 12.3 Å². The van der Waals surface area contributed by atoms with Crippen molar-refractivity contribution in [2.45, 2.75) is 6.61 Å². The summed E-state index contributed by atoms with van der Waals surface area (Å²) >= 11 is 0. The second kappa shape index (κ2) is 2.32. The van der Waals surface area contributed by atoms with E-state index in [4.69, 9.17) is 4.74 Å². The van der Waals surface area contributed by atoms with Gasteiger partial charge in [-0.05, 0) is 12.1 Å². The third-order valence-corrected chi connectivity index (χ3v) is 2.10. The fourth-order valence-electron chi connectivity index (χ4n) is 1.49. The zero-order chi connectivity index (χ0) is 8.67. The van der Waals surface area contributed by atoms with Crippen molar-refractivity contribution in [2.75, 3.05) is 0 Å². The average Bonchev–Trinajstić information content (AvgIpc) is 2.65. The van der Waals surface area contributed by atoms with Gasteiger partial charge in [-0.25, -0.2) is 9.97 Å². The Morgan fingerprint density at radius 2 is 2.38 bits per heavy atom. The summed E-state index contributed by atoms with van der Waals surface area (Å²) in [6, 6.07) is 3.84. The zero-order valence-electron chi connectivity index (χ0n) is 6.82. The Kier molecular flexibility index (Phi) is 1.19. The van der Waals surface area contributed by atoms with Gasteiger partial charge in [0.15, 0.2) is 0 Å². The van der Waals surface area contributed by atoms with E-state index in [2.05, 4.69) is 15.0 Å². The lowest BCUT2D eigenvalue weighted by molar-refractivity contribution is 0.286. The molecular formula is C9H7N3O. The molecule has 0 saturated carbocycles. The summed E-state index contributed by atoms with van der Waals surface area (Å²) in [7, 11) is 0. The van der Waals surface area contributed by atoms with Crippen molar-refractivity contribution >= 4 is 0 Å². The van der Waals surface area contributed by atoms with Crippen LogP contribution in [0.4, 0.5) is 0 Å². The molecule has 2 aromatic heterocycles. The fraction of sp³-hybridized carbons (Fsp3) is 0.111. The van der Waals surface area contributed by atoms with Crippen LogP contribution in [0.3, 0.4) is 0 Å². The number of ether oxygens (including phenoxy) is 1. The fourth-order valence-corrected chi connectivity index (χ4v) is 1.49. The summed E-state index contributed by atoms with van der Waals surface area (Å²) in [4.78, 5) is 11.4. The molecule has 3 rings (SSSR count). The Morgan fingerprint density at radius 3 is 3.38 bits per heavy atom. The van der Waals surface area contributed by atoms with Crippen LogP contribution in [0.1, 0.15) is 5.69 Å². The first kappa shape index (κ1) is 6.65. The van der Waals surface area contributed by atoms with Crippen LogP contribution in [-0.2, 0) is 6.61 Å². The summed E-state index contributed by atoms with van der Waals surface area (Å²) in [6.45, 7) is 0.527. The Bertz CT molecular complexity index is 450. The number of aromatic nitrogens is 3. The number of nitrogens with one attached hydrogen (secondary N) is 1. The minimum absolute atomic E-state index is 0.527. The molecule has 2 aromatic rings. The number of hydrogen-bond donors (Lipinski definition) is 1. The SMILES string of the molecule is c1cnc2c(c1)-c1nc[nH]c1CO2. The molecule has 3 heterocycles.